The number of hydrogen-bond acceptors (Lipinski definition) is 3. The highest BCUT2D eigenvalue weighted by molar-refractivity contribution is 8.34. The maximum absolute atomic E-state index is 14.2. The van der Waals surface area contributed by atoms with Crippen LogP contribution in [0, 0.1) is 0 Å². The Kier molecular flexibility index (Phi) is 6.24. The van der Waals surface area contributed by atoms with Crippen molar-refractivity contribution in [2.45, 2.75) is 47.9 Å². The number of aryl methyl sites for hydroxylation is 1. The largest absolute Gasteiger partial charge is 0.460 e. The summed E-state index contributed by atoms with van der Waals surface area (Å²) < 4.78 is 148. The van der Waals surface area contributed by atoms with Crippen LogP contribution in [0.25, 0.3) is 10.8 Å². The zero-order chi connectivity index (χ0) is 25.1. The predicted molar refractivity (Wildman–Crippen MR) is 104 cm³/mol. The van der Waals surface area contributed by atoms with Crippen LogP contribution in [-0.4, -0.2) is 43.2 Å². The fraction of sp³-hybridized carbons (Fsp3) is 0.474. The first kappa shape index (κ1) is 25.9. The summed E-state index contributed by atoms with van der Waals surface area (Å²) in [6, 6.07) is 9.33. The molecule has 0 bridgehead atoms. The molecular weight excluding hydrogens is 511 g/mol. The smallest absolute Gasteiger partial charge is 0.211 e. The molecule has 0 unspecified atom stereocenters. The Morgan fingerprint density at radius 1 is 0.848 bits per heavy atom. The topological polar surface area (TPSA) is 43.4 Å². The SMILES string of the molecule is CCc1ccc(S2(OS(=O)(=O)C(F)(F)C(F)(F)C(F)(F)C(F)(F)F)CCC2)c2ccccc12. The number of benzene rings is 2. The molecule has 0 saturated carbocycles. The van der Waals surface area contributed by atoms with Crippen molar-refractivity contribution in [3.63, 3.8) is 0 Å². The molecule has 0 atom stereocenters. The minimum Gasteiger partial charge on any atom is -0.211 e. The number of hydrogen-bond donors (Lipinski definition) is 0. The van der Waals surface area contributed by atoms with Gasteiger partial charge in [-0.15, -0.1) is 0 Å². The average molecular weight is 528 g/mol. The van der Waals surface area contributed by atoms with Crippen LogP contribution < -0.4 is 0 Å². The molecule has 33 heavy (non-hydrogen) atoms. The first-order chi connectivity index (χ1) is 15.0. The molecule has 0 spiro atoms. The minimum absolute atomic E-state index is 0.104. The third-order valence-electron chi connectivity index (χ3n) is 5.35. The van der Waals surface area contributed by atoms with Crippen LogP contribution in [0.4, 0.5) is 39.5 Å². The number of alkyl halides is 9. The lowest BCUT2D eigenvalue weighted by molar-refractivity contribution is -0.382. The van der Waals surface area contributed by atoms with Crippen LogP contribution in [0.15, 0.2) is 41.3 Å². The van der Waals surface area contributed by atoms with Gasteiger partial charge in [0.1, 0.15) is 0 Å². The van der Waals surface area contributed by atoms with Gasteiger partial charge in [-0.1, -0.05) is 47.6 Å². The van der Waals surface area contributed by atoms with Crippen LogP contribution in [0.3, 0.4) is 0 Å². The molecule has 1 aliphatic rings. The minimum atomic E-state index is -7.34. The molecule has 0 amide bonds. The van der Waals surface area contributed by atoms with Crippen molar-refractivity contribution in [2.24, 2.45) is 0 Å². The average Bonchev–Trinajstić information content (AvgIpc) is 2.68. The summed E-state index contributed by atoms with van der Waals surface area (Å²) in [7, 11) is -10.2. The lowest BCUT2D eigenvalue weighted by Gasteiger charge is -2.47. The lowest BCUT2D eigenvalue weighted by atomic mass is 10.0. The summed E-state index contributed by atoms with van der Waals surface area (Å²) in [6.07, 6.45) is -6.35. The molecule has 2 aromatic carbocycles. The van der Waals surface area contributed by atoms with E-state index in [1.54, 1.807) is 24.3 Å². The molecule has 0 radical (unpaired) electrons. The van der Waals surface area contributed by atoms with Crippen molar-refractivity contribution >= 4 is 31.2 Å². The Morgan fingerprint density at radius 3 is 1.85 bits per heavy atom. The summed E-state index contributed by atoms with van der Waals surface area (Å²) in [6.45, 7) is 1.82. The normalized spacial score (nSPS) is 18.7. The number of halogens is 9. The molecule has 0 N–H and O–H groups in total. The summed E-state index contributed by atoms with van der Waals surface area (Å²) in [5.41, 5.74) is 0.799. The van der Waals surface area contributed by atoms with Crippen molar-refractivity contribution in [2.75, 3.05) is 11.5 Å². The quantitative estimate of drug-likeness (QED) is 0.378. The van der Waals surface area contributed by atoms with Gasteiger partial charge in [-0.2, -0.15) is 47.9 Å². The molecule has 0 aromatic heterocycles. The maximum atomic E-state index is 14.2. The van der Waals surface area contributed by atoms with Gasteiger partial charge in [0.2, 0.25) is 0 Å². The van der Waals surface area contributed by atoms with E-state index in [1.807, 2.05) is 6.92 Å². The molecule has 2 aromatic rings. The first-order valence-corrected chi connectivity index (χ1v) is 12.7. The van der Waals surface area contributed by atoms with E-state index in [9.17, 15) is 47.9 Å². The van der Waals surface area contributed by atoms with Gasteiger partial charge in [0, 0.05) is 16.4 Å². The summed E-state index contributed by atoms with van der Waals surface area (Å²) in [4.78, 5) is 0.104. The fourth-order valence-corrected chi connectivity index (χ4v) is 8.57. The molecule has 1 aliphatic heterocycles. The van der Waals surface area contributed by atoms with Gasteiger partial charge in [-0.25, -0.2) is 3.63 Å². The van der Waals surface area contributed by atoms with Gasteiger partial charge in [0.15, 0.2) is 0 Å². The molecule has 1 saturated heterocycles. The highest BCUT2D eigenvalue weighted by atomic mass is 32.3. The Bertz CT molecular complexity index is 1160. The second-order valence-electron chi connectivity index (χ2n) is 7.38. The molecule has 0 aliphatic carbocycles. The van der Waals surface area contributed by atoms with Crippen molar-refractivity contribution < 1.29 is 51.6 Å². The summed E-state index contributed by atoms with van der Waals surface area (Å²) in [5, 5.41) is -5.87. The Hall–Kier alpha value is -1.67. The summed E-state index contributed by atoms with van der Waals surface area (Å²) >= 11 is 0. The third-order valence-corrected chi connectivity index (χ3v) is 11.1. The molecular formula is C19H17F9O3S2. The van der Waals surface area contributed by atoms with Gasteiger partial charge >= 0.3 is 33.4 Å². The Morgan fingerprint density at radius 2 is 1.39 bits per heavy atom. The van der Waals surface area contributed by atoms with Gasteiger partial charge in [0.05, 0.1) is 0 Å². The van der Waals surface area contributed by atoms with E-state index in [2.05, 4.69) is 3.63 Å². The zero-order valence-electron chi connectivity index (χ0n) is 16.7. The van der Waals surface area contributed by atoms with Gasteiger partial charge in [-0.3, -0.25) is 0 Å². The maximum Gasteiger partial charge on any atom is 0.460 e. The highest BCUT2D eigenvalue weighted by Crippen LogP contribution is 2.68. The van der Waals surface area contributed by atoms with E-state index in [0.717, 1.165) is 5.56 Å². The third kappa shape index (κ3) is 3.77. The van der Waals surface area contributed by atoms with Crippen LogP contribution in [-0.2, 0) is 20.2 Å². The van der Waals surface area contributed by atoms with Gasteiger partial charge in [0.25, 0.3) is 0 Å². The van der Waals surface area contributed by atoms with E-state index < -0.39 is 43.7 Å². The van der Waals surface area contributed by atoms with Gasteiger partial charge < -0.3 is 0 Å². The second kappa shape index (κ2) is 7.94. The van der Waals surface area contributed by atoms with E-state index >= 15 is 0 Å². The lowest BCUT2D eigenvalue weighted by Crippen LogP contribution is -2.63. The molecule has 14 heteroatoms. The Labute approximate surface area is 184 Å². The summed E-state index contributed by atoms with van der Waals surface area (Å²) in [5.74, 6) is -15.0. The first-order valence-electron chi connectivity index (χ1n) is 9.40. The molecule has 1 heterocycles. The molecule has 3 nitrogen and oxygen atoms in total. The second-order valence-corrected chi connectivity index (χ2v) is 12.2. The molecule has 1 fully saturated rings. The number of fused-ring (bicyclic) bond motifs is 1. The standard InChI is InChI=1S/C19H17F9O3S2/c1-2-12-8-9-15(14-7-4-3-6-13(12)14)32(10-5-11-32)31-33(29,30)19(27,28)17(22,23)16(20,21)18(24,25)26/h3-4,6-9H,2,5,10-11H2,1H3. The predicted octanol–water partition coefficient (Wildman–Crippen LogP) is 6.66. The van der Waals surface area contributed by atoms with Crippen LogP contribution in [0.2, 0.25) is 0 Å². The van der Waals surface area contributed by atoms with Crippen LogP contribution in [0.1, 0.15) is 18.9 Å². The van der Waals surface area contributed by atoms with E-state index in [4.69, 9.17) is 0 Å². The Balaban J connectivity index is 2.10. The zero-order valence-corrected chi connectivity index (χ0v) is 18.4. The van der Waals surface area contributed by atoms with Crippen molar-refractivity contribution in [1.29, 1.82) is 0 Å². The van der Waals surface area contributed by atoms with Gasteiger partial charge in [-0.05, 0) is 35.2 Å². The van der Waals surface area contributed by atoms with E-state index in [1.165, 1.54) is 12.1 Å². The number of rotatable bonds is 7. The van der Waals surface area contributed by atoms with E-state index in [0.29, 0.717) is 17.2 Å². The monoisotopic (exact) mass is 528 g/mol. The molecule has 186 valence electrons. The molecule has 3 rings (SSSR count). The van der Waals surface area contributed by atoms with E-state index in [-0.39, 0.29) is 22.8 Å². The van der Waals surface area contributed by atoms with Crippen molar-refractivity contribution in [3.05, 3.63) is 42.0 Å². The van der Waals surface area contributed by atoms with Crippen molar-refractivity contribution in [3.8, 4) is 0 Å². The fourth-order valence-electron chi connectivity index (χ4n) is 3.43. The van der Waals surface area contributed by atoms with Crippen LogP contribution in [0.5, 0.6) is 0 Å². The van der Waals surface area contributed by atoms with Crippen LogP contribution >= 0.6 is 10.3 Å². The van der Waals surface area contributed by atoms with Crippen molar-refractivity contribution in [1.82, 2.24) is 0 Å². The highest BCUT2D eigenvalue weighted by Gasteiger charge is 2.86.